The number of benzene rings is 1. The molecule has 2 amide bonds. The molecule has 1 rings (SSSR count). The van der Waals surface area contributed by atoms with Crippen molar-refractivity contribution in [2.75, 3.05) is 19.4 Å². The third kappa shape index (κ3) is 4.44. The van der Waals surface area contributed by atoms with Crippen LogP contribution in [0.25, 0.3) is 0 Å². The molecule has 116 valence electrons. The highest BCUT2D eigenvalue weighted by molar-refractivity contribution is 5.85. The first-order valence-corrected chi connectivity index (χ1v) is 6.51. The van der Waals surface area contributed by atoms with Crippen LogP contribution in [0.3, 0.4) is 0 Å². The Balaban J connectivity index is 2.71. The molecule has 0 aromatic heterocycles. The molecule has 0 aliphatic carbocycles. The van der Waals surface area contributed by atoms with Gasteiger partial charge < -0.3 is 10.2 Å². The van der Waals surface area contributed by atoms with Gasteiger partial charge in [-0.2, -0.15) is 5.90 Å². The second kappa shape index (κ2) is 7.05. The van der Waals surface area contributed by atoms with Gasteiger partial charge in [0, 0.05) is 19.3 Å². The molecule has 0 bridgehead atoms. The summed E-state index contributed by atoms with van der Waals surface area (Å²) in [7, 11) is 3.50. The Morgan fingerprint density at radius 2 is 1.86 bits per heavy atom. The zero-order valence-electron chi connectivity index (χ0n) is 12.8. The van der Waals surface area contributed by atoms with Crippen molar-refractivity contribution in [3.8, 4) is 0 Å². The van der Waals surface area contributed by atoms with Gasteiger partial charge in [-0.05, 0) is 38.6 Å². The number of nitrogens with two attached hydrogens (primary N) is 1. The normalized spacial score (nSPS) is 11.1. The number of anilines is 1. The summed E-state index contributed by atoms with van der Waals surface area (Å²) >= 11 is 0. The van der Waals surface area contributed by atoms with Crippen molar-refractivity contribution >= 4 is 17.7 Å². The Morgan fingerprint density at radius 1 is 1.29 bits per heavy atom. The van der Waals surface area contributed by atoms with Crippen molar-refractivity contribution in [1.82, 2.24) is 10.2 Å². The average molecular weight is 294 g/mol. The number of hydrogen-bond acceptors (Lipinski definition) is 5. The lowest BCUT2D eigenvalue weighted by atomic mass is 10.0. The van der Waals surface area contributed by atoms with E-state index in [0.717, 1.165) is 5.56 Å². The molecule has 1 aromatic rings. The summed E-state index contributed by atoms with van der Waals surface area (Å²) in [5.74, 6) is 4.70. The molecule has 21 heavy (non-hydrogen) atoms. The monoisotopic (exact) mass is 294 g/mol. The van der Waals surface area contributed by atoms with Crippen molar-refractivity contribution in [3.05, 3.63) is 29.8 Å². The average Bonchev–Trinajstić information content (AvgIpc) is 2.47. The molecule has 0 radical (unpaired) electrons. The third-order valence-electron chi connectivity index (χ3n) is 3.46. The number of amides is 2. The summed E-state index contributed by atoms with van der Waals surface area (Å²) < 4.78 is 0. The van der Waals surface area contributed by atoms with E-state index in [1.807, 2.05) is 37.9 Å². The van der Waals surface area contributed by atoms with E-state index in [9.17, 15) is 9.59 Å². The van der Waals surface area contributed by atoms with Crippen LogP contribution in [0.1, 0.15) is 19.4 Å². The molecule has 1 aromatic carbocycles. The Kier molecular flexibility index (Phi) is 5.69. The molecule has 0 saturated carbocycles. The zero-order valence-corrected chi connectivity index (χ0v) is 12.8. The number of nitrogens with one attached hydrogen (secondary N) is 2. The summed E-state index contributed by atoms with van der Waals surface area (Å²) in [5, 5.41) is 5.12. The Bertz CT molecular complexity index is 499. The fourth-order valence-corrected chi connectivity index (χ4v) is 1.79. The molecule has 0 unspecified atom stereocenters. The lowest BCUT2D eigenvalue weighted by Crippen LogP contribution is -2.52. The lowest BCUT2D eigenvalue weighted by molar-refractivity contribution is -0.130. The third-order valence-corrected chi connectivity index (χ3v) is 3.46. The first kappa shape index (κ1) is 16.9. The van der Waals surface area contributed by atoms with Crippen LogP contribution in [0.4, 0.5) is 10.5 Å². The van der Waals surface area contributed by atoms with E-state index in [1.165, 1.54) is 0 Å². The number of hydrogen-bond donors (Lipinski definition) is 3. The van der Waals surface area contributed by atoms with Crippen LogP contribution < -0.4 is 16.5 Å². The van der Waals surface area contributed by atoms with Crippen molar-refractivity contribution < 1.29 is 14.4 Å². The van der Waals surface area contributed by atoms with E-state index in [-0.39, 0.29) is 5.91 Å². The fraction of sp³-hybridized carbons (Fsp3) is 0.429. The van der Waals surface area contributed by atoms with Crippen molar-refractivity contribution in [2.24, 2.45) is 5.90 Å². The molecular formula is C14H22N4O3. The summed E-state index contributed by atoms with van der Waals surface area (Å²) in [5.41, 5.74) is 0.984. The van der Waals surface area contributed by atoms with Crippen LogP contribution in [0, 0.1) is 0 Å². The Hall–Kier alpha value is -2.12. The molecule has 7 nitrogen and oxygen atoms in total. The lowest BCUT2D eigenvalue weighted by Gasteiger charge is -2.33. The van der Waals surface area contributed by atoms with Gasteiger partial charge in [-0.25, -0.2) is 4.79 Å². The van der Waals surface area contributed by atoms with Gasteiger partial charge in [0.25, 0.3) is 0 Å². The summed E-state index contributed by atoms with van der Waals surface area (Å²) in [6.07, 6.45) is -0.722. The fourth-order valence-electron chi connectivity index (χ4n) is 1.79. The number of likely N-dealkylation sites (N-methyl/N-ethyl adjacent to an activating group) is 2. The minimum absolute atomic E-state index is 0.0472. The maximum Gasteiger partial charge on any atom is 0.430 e. The van der Waals surface area contributed by atoms with E-state index in [1.54, 1.807) is 19.2 Å². The molecule has 0 spiro atoms. The van der Waals surface area contributed by atoms with E-state index < -0.39 is 11.6 Å². The molecule has 7 heteroatoms. The second-order valence-electron chi connectivity index (χ2n) is 5.22. The van der Waals surface area contributed by atoms with Crippen LogP contribution in [0.15, 0.2) is 24.3 Å². The molecule has 0 fully saturated rings. The highest BCUT2D eigenvalue weighted by Crippen LogP contribution is 2.17. The second-order valence-corrected chi connectivity index (χ2v) is 5.22. The first-order valence-electron chi connectivity index (χ1n) is 6.51. The maximum absolute atomic E-state index is 11.8. The van der Waals surface area contributed by atoms with Gasteiger partial charge in [-0.1, -0.05) is 12.1 Å². The van der Waals surface area contributed by atoms with Gasteiger partial charge in [0.05, 0.1) is 5.54 Å². The van der Waals surface area contributed by atoms with Gasteiger partial charge in [0.2, 0.25) is 5.91 Å². The van der Waals surface area contributed by atoms with Gasteiger partial charge in [-0.15, -0.1) is 0 Å². The van der Waals surface area contributed by atoms with Gasteiger partial charge in [0.1, 0.15) is 0 Å². The molecule has 4 N–H and O–H groups in total. The summed E-state index contributed by atoms with van der Waals surface area (Å²) in [4.78, 5) is 28.8. The predicted octanol–water partition coefficient (Wildman–Crippen LogP) is 1.07. The smallest absolute Gasteiger partial charge is 0.358 e. The van der Waals surface area contributed by atoms with Crippen molar-refractivity contribution in [3.63, 3.8) is 0 Å². The van der Waals surface area contributed by atoms with E-state index in [4.69, 9.17) is 5.90 Å². The number of carbonyl (C=O) groups excluding carboxylic acids is 2. The molecule has 0 heterocycles. The van der Waals surface area contributed by atoms with Crippen LogP contribution in [-0.2, 0) is 16.2 Å². The number of carbonyl (C=O) groups is 2. The minimum Gasteiger partial charge on any atom is -0.358 e. The molecular weight excluding hydrogens is 272 g/mol. The molecule has 0 aliphatic rings. The standard InChI is InChI=1S/C14H22N4O3/c1-14(2,12(19)16-3)18(4)9-10-5-7-11(8-6-10)17-13(20)21-15/h5-8H,9,15H2,1-4H3,(H,16,19)(H,17,20). The summed E-state index contributed by atoms with van der Waals surface area (Å²) in [6, 6.07) is 7.21. The first-order chi connectivity index (χ1) is 9.81. The van der Waals surface area contributed by atoms with Crippen LogP contribution in [0.2, 0.25) is 0 Å². The molecule has 0 saturated heterocycles. The largest absolute Gasteiger partial charge is 0.430 e. The Labute approximate surface area is 124 Å². The van der Waals surface area contributed by atoms with Crippen LogP contribution in [0.5, 0.6) is 0 Å². The van der Waals surface area contributed by atoms with Crippen molar-refractivity contribution in [1.29, 1.82) is 0 Å². The topological polar surface area (TPSA) is 96.7 Å². The molecule has 0 atom stereocenters. The summed E-state index contributed by atoms with van der Waals surface area (Å²) in [6.45, 7) is 4.32. The SMILES string of the molecule is CNC(=O)C(C)(C)N(C)Cc1ccc(NC(=O)ON)cc1. The highest BCUT2D eigenvalue weighted by Gasteiger charge is 2.31. The van der Waals surface area contributed by atoms with E-state index in [2.05, 4.69) is 15.5 Å². The maximum atomic E-state index is 11.8. The van der Waals surface area contributed by atoms with Gasteiger partial charge in [-0.3, -0.25) is 15.0 Å². The Morgan fingerprint density at radius 3 is 2.33 bits per heavy atom. The quantitative estimate of drug-likeness (QED) is 0.706. The van der Waals surface area contributed by atoms with E-state index in [0.29, 0.717) is 12.2 Å². The number of rotatable bonds is 5. The minimum atomic E-state index is -0.722. The van der Waals surface area contributed by atoms with Gasteiger partial charge >= 0.3 is 6.09 Å². The zero-order chi connectivity index (χ0) is 16.0. The number of nitrogens with zero attached hydrogens (tertiary/aromatic N) is 1. The van der Waals surface area contributed by atoms with Crippen LogP contribution in [-0.4, -0.2) is 36.5 Å². The van der Waals surface area contributed by atoms with Crippen molar-refractivity contribution in [2.45, 2.75) is 25.9 Å². The predicted molar refractivity (Wildman–Crippen MR) is 80.3 cm³/mol. The van der Waals surface area contributed by atoms with E-state index >= 15 is 0 Å². The van der Waals surface area contributed by atoms with Crippen LogP contribution >= 0.6 is 0 Å². The van der Waals surface area contributed by atoms with Gasteiger partial charge in [0.15, 0.2) is 0 Å². The highest BCUT2D eigenvalue weighted by atomic mass is 16.7. The molecule has 0 aliphatic heterocycles.